The van der Waals surface area contributed by atoms with Crippen molar-refractivity contribution in [1.29, 1.82) is 0 Å². The molecule has 2 N–H and O–H groups in total. The first-order chi connectivity index (χ1) is 16.5. The van der Waals surface area contributed by atoms with Crippen LogP contribution >= 0.6 is 11.6 Å². The predicted molar refractivity (Wildman–Crippen MR) is 125 cm³/mol. The summed E-state index contributed by atoms with van der Waals surface area (Å²) in [6.07, 6.45) is 4.44. The summed E-state index contributed by atoms with van der Waals surface area (Å²) < 4.78 is 32.6. The van der Waals surface area contributed by atoms with Crippen LogP contribution in [-0.4, -0.2) is 41.7 Å². The SMILES string of the molecule is NC1=N[C@@]2(CO[C@H]1C1CCOCC1)c1cc(-c3cccnc3F)ccc1Oc1cnc(Cl)cc12. The number of pyridine rings is 2. The molecule has 34 heavy (non-hydrogen) atoms. The number of rotatable bonds is 2. The van der Waals surface area contributed by atoms with Gasteiger partial charge < -0.3 is 19.9 Å². The molecule has 1 aromatic carbocycles. The van der Waals surface area contributed by atoms with Gasteiger partial charge in [-0.05, 0) is 54.7 Å². The van der Waals surface area contributed by atoms with E-state index in [0.29, 0.717) is 52.4 Å². The first-order valence-corrected chi connectivity index (χ1v) is 11.6. The summed E-state index contributed by atoms with van der Waals surface area (Å²) in [5.41, 5.74) is 8.02. The maximum atomic E-state index is 14.5. The lowest BCUT2D eigenvalue weighted by atomic mass is 9.79. The van der Waals surface area contributed by atoms with Crippen molar-refractivity contribution in [3.05, 3.63) is 71.0 Å². The zero-order chi connectivity index (χ0) is 23.3. The molecule has 0 amide bonds. The van der Waals surface area contributed by atoms with E-state index in [1.807, 2.05) is 6.07 Å². The third-order valence-corrected chi connectivity index (χ3v) is 6.98. The fourth-order valence-electron chi connectivity index (χ4n) is 5.08. The van der Waals surface area contributed by atoms with Gasteiger partial charge in [-0.1, -0.05) is 17.7 Å². The highest BCUT2D eigenvalue weighted by Gasteiger charge is 2.48. The van der Waals surface area contributed by atoms with Crippen LogP contribution in [0.4, 0.5) is 4.39 Å². The van der Waals surface area contributed by atoms with Gasteiger partial charge in [0.1, 0.15) is 28.4 Å². The van der Waals surface area contributed by atoms with Gasteiger partial charge in [0.05, 0.1) is 12.8 Å². The van der Waals surface area contributed by atoms with Crippen molar-refractivity contribution in [3.63, 3.8) is 0 Å². The summed E-state index contributed by atoms with van der Waals surface area (Å²) in [5, 5.41) is 0.306. The quantitative estimate of drug-likeness (QED) is 0.544. The number of aliphatic imine (C=N–C) groups is 1. The van der Waals surface area contributed by atoms with Gasteiger partial charge in [0.25, 0.3) is 0 Å². The van der Waals surface area contributed by atoms with Gasteiger partial charge in [0.2, 0.25) is 5.95 Å². The minimum Gasteiger partial charge on any atom is -0.455 e. The van der Waals surface area contributed by atoms with E-state index < -0.39 is 11.5 Å². The van der Waals surface area contributed by atoms with Gasteiger partial charge in [-0.3, -0.25) is 4.99 Å². The molecule has 2 aromatic heterocycles. The smallest absolute Gasteiger partial charge is 0.220 e. The second-order valence-corrected chi connectivity index (χ2v) is 9.12. The molecule has 0 bridgehead atoms. The predicted octanol–water partition coefficient (Wildman–Crippen LogP) is 4.47. The summed E-state index contributed by atoms with van der Waals surface area (Å²) in [6.45, 7) is 1.60. The highest BCUT2D eigenvalue weighted by molar-refractivity contribution is 6.29. The maximum absolute atomic E-state index is 14.5. The molecule has 1 fully saturated rings. The second-order valence-electron chi connectivity index (χ2n) is 8.74. The molecule has 7 nitrogen and oxygen atoms in total. The lowest BCUT2D eigenvalue weighted by molar-refractivity contribution is -0.0237. The Morgan fingerprint density at radius 1 is 1.06 bits per heavy atom. The highest BCUT2D eigenvalue weighted by Crippen LogP contribution is 2.52. The lowest BCUT2D eigenvalue weighted by Crippen LogP contribution is -2.50. The van der Waals surface area contributed by atoms with Gasteiger partial charge in [0.15, 0.2) is 5.75 Å². The van der Waals surface area contributed by atoms with Crippen LogP contribution in [0.3, 0.4) is 0 Å². The van der Waals surface area contributed by atoms with Crippen molar-refractivity contribution in [2.75, 3.05) is 19.8 Å². The fraction of sp³-hybridized carbons (Fsp3) is 0.320. The van der Waals surface area contributed by atoms with E-state index in [4.69, 9.17) is 36.5 Å². The van der Waals surface area contributed by atoms with Crippen molar-refractivity contribution in [2.45, 2.75) is 24.5 Å². The Labute approximate surface area is 200 Å². The van der Waals surface area contributed by atoms with Crippen molar-refractivity contribution >= 4 is 17.4 Å². The Kier molecular flexibility index (Phi) is 5.24. The van der Waals surface area contributed by atoms with Crippen LogP contribution in [0.1, 0.15) is 24.0 Å². The van der Waals surface area contributed by atoms with Crippen LogP contribution in [0.5, 0.6) is 11.5 Å². The molecule has 5 heterocycles. The molecule has 3 aromatic rings. The van der Waals surface area contributed by atoms with E-state index in [-0.39, 0.29) is 18.6 Å². The summed E-state index contributed by atoms with van der Waals surface area (Å²) in [7, 11) is 0. The largest absolute Gasteiger partial charge is 0.455 e. The molecule has 0 saturated carbocycles. The molecular weight excluding hydrogens is 459 g/mol. The van der Waals surface area contributed by atoms with E-state index in [0.717, 1.165) is 18.4 Å². The first-order valence-electron chi connectivity index (χ1n) is 11.2. The van der Waals surface area contributed by atoms with E-state index in [9.17, 15) is 4.39 Å². The number of hydrogen-bond acceptors (Lipinski definition) is 7. The standard InChI is InChI=1S/C25H22ClFN4O3/c26-21-11-18-20(12-30-21)34-19-4-3-15(16-2-1-7-29-23(16)27)10-17(19)25(18)13-33-22(24(28)31-25)14-5-8-32-9-6-14/h1-4,7,10-12,14,22H,5-6,8-9,13H2,(H2,28,31)/t22-,25-/m0/s1. The number of hydrogen-bond donors (Lipinski definition) is 1. The monoisotopic (exact) mass is 480 g/mol. The molecule has 174 valence electrons. The average Bonchev–Trinajstić information content (AvgIpc) is 2.86. The van der Waals surface area contributed by atoms with Crippen LogP contribution in [0.2, 0.25) is 5.15 Å². The molecule has 2 atom stereocenters. The van der Waals surface area contributed by atoms with Gasteiger partial charge in [-0.2, -0.15) is 4.39 Å². The first kappa shape index (κ1) is 21.5. The number of nitrogens with two attached hydrogens (primary N) is 1. The summed E-state index contributed by atoms with van der Waals surface area (Å²) >= 11 is 6.28. The average molecular weight is 481 g/mol. The van der Waals surface area contributed by atoms with Crippen LogP contribution in [0, 0.1) is 11.9 Å². The van der Waals surface area contributed by atoms with Crippen molar-refractivity contribution in [1.82, 2.24) is 9.97 Å². The molecule has 0 radical (unpaired) electrons. The fourth-order valence-corrected chi connectivity index (χ4v) is 5.24. The van der Waals surface area contributed by atoms with Gasteiger partial charge in [0, 0.05) is 36.1 Å². The van der Waals surface area contributed by atoms with Crippen LogP contribution in [-0.2, 0) is 15.0 Å². The van der Waals surface area contributed by atoms with Crippen molar-refractivity contribution < 1.29 is 18.6 Å². The van der Waals surface area contributed by atoms with E-state index in [2.05, 4.69) is 9.97 Å². The third kappa shape index (κ3) is 3.45. The zero-order valence-corrected chi connectivity index (χ0v) is 19.0. The number of ether oxygens (including phenoxy) is 3. The Morgan fingerprint density at radius 3 is 2.68 bits per heavy atom. The normalized spacial score (nSPS) is 24.2. The maximum Gasteiger partial charge on any atom is 0.220 e. The van der Waals surface area contributed by atoms with Gasteiger partial charge >= 0.3 is 0 Å². The van der Waals surface area contributed by atoms with E-state index in [1.54, 1.807) is 36.5 Å². The molecule has 3 aliphatic heterocycles. The summed E-state index contributed by atoms with van der Waals surface area (Å²) in [5.74, 6) is 1.22. The molecule has 1 spiro atoms. The minimum atomic E-state index is -1.00. The Morgan fingerprint density at radius 2 is 1.88 bits per heavy atom. The van der Waals surface area contributed by atoms with Crippen molar-refractivity contribution in [3.8, 4) is 22.6 Å². The minimum absolute atomic E-state index is 0.235. The molecule has 6 rings (SSSR count). The number of nitrogens with zero attached hydrogens (tertiary/aromatic N) is 3. The van der Waals surface area contributed by atoms with Crippen LogP contribution in [0.25, 0.3) is 11.1 Å². The number of amidine groups is 1. The lowest BCUT2D eigenvalue weighted by Gasteiger charge is -2.43. The van der Waals surface area contributed by atoms with Gasteiger partial charge in [-0.15, -0.1) is 0 Å². The molecule has 9 heteroatoms. The third-order valence-electron chi connectivity index (χ3n) is 6.77. The Hall–Kier alpha value is -3.07. The molecule has 1 saturated heterocycles. The summed E-state index contributed by atoms with van der Waals surface area (Å²) in [4.78, 5) is 13.0. The molecule has 3 aliphatic rings. The topological polar surface area (TPSA) is 91.9 Å². The Bertz CT molecular complexity index is 1300. The van der Waals surface area contributed by atoms with Crippen LogP contribution in [0.15, 0.2) is 53.8 Å². The second kappa shape index (κ2) is 8.30. The number of fused-ring (bicyclic) bond motifs is 4. The zero-order valence-electron chi connectivity index (χ0n) is 18.2. The summed E-state index contributed by atoms with van der Waals surface area (Å²) in [6, 6.07) is 10.6. The van der Waals surface area contributed by atoms with Gasteiger partial charge in [-0.25, -0.2) is 9.97 Å². The molecular formula is C25H22ClFN4O3. The molecule has 0 unspecified atom stereocenters. The van der Waals surface area contributed by atoms with E-state index >= 15 is 0 Å². The number of aromatic nitrogens is 2. The van der Waals surface area contributed by atoms with Crippen molar-refractivity contribution in [2.24, 2.45) is 16.6 Å². The number of halogens is 2. The highest BCUT2D eigenvalue weighted by atomic mass is 35.5. The Balaban J connectivity index is 1.52. The van der Waals surface area contributed by atoms with Crippen LogP contribution < -0.4 is 10.5 Å². The molecule has 0 aliphatic carbocycles. The number of benzene rings is 1. The van der Waals surface area contributed by atoms with E-state index in [1.165, 1.54) is 6.20 Å².